The number of carbonyl (C=O) groups is 2. The van der Waals surface area contributed by atoms with Crippen molar-refractivity contribution in [1.29, 1.82) is 0 Å². The summed E-state index contributed by atoms with van der Waals surface area (Å²) in [5, 5.41) is 14.9. The Balaban J connectivity index is 1.80. The zero-order valence-corrected chi connectivity index (χ0v) is 11.6. The molecule has 1 aliphatic rings. The van der Waals surface area contributed by atoms with Gasteiger partial charge < -0.3 is 20.3 Å². The minimum atomic E-state index is -1.05. The normalized spacial score (nSPS) is 22.4. The number of amides is 1. The summed E-state index contributed by atoms with van der Waals surface area (Å²) in [6, 6.07) is 0. The van der Waals surface area contributed by atoms with Crippen molar-refractivity contribution in [1.82, 2.24) is 20.2 Å². The molecule has 1 saturated heterocycles. The zero-order chi connectivity index (χ0) is 14.6. The van der Waals surface area contributed by atoms with Crippen molar-refractivity contribution in [2.45, 2.75) is 26.3 Å². The molecule has 0 aromatic carbocycles. The number of nitrogens with one attached hydrogen (secondary N) is 2. The number of hydrogen-bond acceptors (Lipinski definition) is 4. The van der Waals surface area contributed by atoms with Gasteiger partial charge in [0, 0.05) is 25.8 Å². The number of aromatic carboxylic acids is 1. The van der Waals surface area contributed by atoms with E-state index in [2.05, 4.69) is 15.6 Å². The summed E-state index contributed by atoms with van der Waals surface area (Å²) in [5.41, 5.74) is -0.334. The van der Waals surface area contributed by atoms with E-state index < -0.39 is 5.97 Å². The van der Waals surface area contributed by atoms with Crippen LogP contribution in [0.15, 0.2) is 12.5 Å². The van der Waals surface area contributed by atoms with Crippen LogP contribution in [0.3, 0.4) is 0 Å². The van der Waals surface area contributed by atoms with E-state index in [0.717, 1.165) is 19.4 Å². The SMILES string of the molecule is CC1(C(=O)NCCn2cnc(C(=O)O)c2)CCCNC1. The summed E-state index contributed by atoms with van der Waals surface area (Å²) in [4.78, 5) is 26.6. The third kappa shape index (κ3) is 3.36. The molecule has 0 radical (unpaired) electrons. The molecular weight excluding hydrogens is 260 g/mol. The number of carboxylic acids is 1. The van der Waals surface area contributed by atoms with E-state index in [9.17, 15) is 9.59 Å². The standard InChI is InChI=1S/C13H20N4O3/c1-13(3-2-4-14-8-13)12(20)15-5-6-17-7-10(11(18)19)16-9-17/h7,9,14H,2-6,8H2,1H3,(H,15,20)(H,18,19). The van der Waals surface area contributed by atoms with Crippen LogP contribution in [0.25, 0.3) is 0 Å². The van der Waals surface area contributed by atoms with Crippen molar-refractivity contribution in [3.63, 3.8) is 0 Å². The van der Waals surface area contributed by atoms with E-state index in [4.69, 9.17) is 5.11 Å². The van der Waals surface area contributed by atoms with Crippen molar-refractivity contribution in [3.05, 3.63) is 18.2 Å². The molecule has 3 N–H and O–H groups in total. The second-order valence-electron chi connectivity index (χ2n) is 5.40. The first kappa shape index (κ1) is 14.5. The van der Waals surface area contributed by atoms with E-state index >= 15 is 0 Å². The molecule has 2 heterocycles. The maximum Gasteiger partial charge on any atom is 0.356 e. The van der Waals surface area contributed by atoms with Crippen LogP contribution < -0.4 is 10.6 Å². The number of hydrogen-bond donors (Lipinski definition) is 3. The molecule has 20 heavy (non-hydrogen) atoms. The summed E-state index contributed by atoms with van der Waals surface area (Å²) in [6.07, 6.45) is 4.81. The van der Waals surface area contributed by atoms with E-state index in [-0.39, 0.29) is 17.0 Å². The monoisotopic (exact) mass is 280 g/mol. The Labute approximate surface area is 117 Å². The molecule has 7 heteroatoms. The van der Waals surface area contributed by atoms with Gasteiger partial charge in [0.2, 0.25) is 5.91 Å². The highest BCUT2D eigenvalue weighted by Gasteiger charge is 2.34. The lowest BCUT2D eigenvalue weighted by Gasteiger charge is -2.32. The maximum atomic E-state index is 12.2. The maximum absolute atomic E-state index is 12.2. The number of nitrogens with zero attached hydrogens (tertiary/aromatic N) is 2. The van der Waals surface area contributed by atoms with Gasteiger partial charge in [-0.25, -0.2) is 9.78 Å². The first-order valence-corrected chi connectivity index (χ1v) is 6.75. The molecule has 1 aliphatic heterocycles. The third-order valence-corrected chi connectivity index (χ3v) is 3.65. The fraction of sp³-hybridized carbons (Fsp3) is 0.615. The Kier molecular flexibility index (Phi) is 4.39. The van der Waals surface area contributed by atoms with Crippen molar-refractivity contribution in [3.8, 4) is 0 Å². The zero-order valence-electron chi connectivity index (χ0n) is 11.6. The molecule has 0 spiro atoms. The molecule has 2 rings (SSSR count). The quantitative estimate of drug-likeness (QED) is 0.710. The highest BCUT2D eigenvalue weighted by Crippen LogP contribution is 2.25. The molecular formula is C13H20N4O3. The average Bonchev–Trinajstić information content (AvgIpc) is 2.88. The Morgan fingerprint density at radius 2 is 2.40 bits per heavy atom. The van der Waals surface area contributed by atoms with Crippen LogP contribution >= 0.6 is 0 Å². The molecule has 1 aromatic rings. The molecule has 7 nitrogen and oxygen atoms in total. The molecule has 110 valence electrons. The second-order valence-corrected chi connectivity index (χ2v) is 5.40. The third-order valence-electron chi connectivity index (χ3n) is 3.65. The fourth-order valence-electron chi connectivity index (χ4n) is 2.35. The summed E-state index contributed by atoms with van der Waals surface area (Å²) >= 11 is 0. The fourth-order valence-corrected chi connectivity index (χ4v) is 2.35. The molecule has 1 aromatic heterocycles. The van der Waals surface area contributed by atoms with Gasteiger partial charge in [-0.3, -0.25) is 4.79 Å². The van der Waals surface area contributed by atoms with Crippen LogP contribution in [0.1, 0.15) is 30.3 Å². The smallest absolute Gasteiger partial charge is 0.356 e. The van der Waals surface area contributed by atoms with Crippen LogP contribution in [-0.2, 0) is 11.3 Å². The summed E-state index contributed by atoms with van der Waals surface area (Å²) < 4.78 is 1.66. The van der Waals surface area contributed by atoms with Crippen LogP contribution in [0.5, 0.6) is 0 Å². The largest absolute Gasteiger partial charge is 0.476 e. The Morgan fingerprint density at radius 3 is 3.00 bits per heavy atom. The van der Waals surface area contributed by atoms with Crippen molar-refractivity contribution in [2.75, 3.05) is 19.6 Å². The van der Waals surface area contributed by atoms with Gasteiger partial charge in [-0.2, -0.15) is 0 Å². The van der Waals surface area contributed by atoms with Crippen LogP contribution in [0, 0.1) is 5.41 Å². The van der Waals surface area contributed by atoms with Crippen LogP contribution in [0.4, 0.5) is 0 Å². The van der Waals surface area contributed by atoms with Gasteiger partial charge in [-0.1, -0.05) is 0 Å². The van der Waals surface area contributed by atoms with E-state index in [1.54, 1.807) is 4.57 Å². The number of imidazole rings is 1. The lowest BCUT2D eigenvalue weighted by atomic mass is 9.82. The highest BCUT2D eigenvalue weighted by atomic mass is 16.4. The Hall–Kier alpha value is -1.89. The number of rotatable bonds is 5. The lowest BCUT2D eigenvalue weighted by Crippen LogP contribution is -2.49. The van der Waals surface area contributed by atoms with Gasteiger partial charge in [0.15, 0.2) is 5.69 Å². The number of aromatic nitrogens is 2. The number of carbonyl (C=O) groups excluding carboxylic acids is 1. The number of carboxylic acid groups (broad SMARTS) is 1. The van der Waals surface area contributed by atoms with Gasteiger partial charge in [-0.15, -0.1) is 0 Å². The molecule has 0 bridgehead atoms. The predicted molar refractivity (Wildman–Crippen MR) is 72.4 cm³/mol. The Morgan fingerprint density at radius 1 is 1.60 bits per heavy atom. The predicted octanol–water partition coefficient (Wildman–Crippen LogP) is 0.0872. The van der Waals surface area contributed by atoms with Crippen molar-refractivity contribution < 1.29 is 14.7 Å². The first-order valence-electron chi connectivity index (χ1n) is 6.75. The minimum Gasteiger partial charge on any atom is -0.476 e. The van der Waals surface area contributed by atoms with Gasteiger partial charge in [-0.05, 0) is 26.3 Å². The van der Waals surface area contributed by atoms with E-state index in [1.807, 2.05) is 6.92 Å². The highest BCUT2D eigenvalue weighted by molar-refractivity contribution is 5.85. The number of piperidine rings is 1. The second kappa shape index (κ2) is 6.04. The molecule has 1 amide bonds. The molecule has 1 unspecified atom stereocenters. The van der Waals surface area contributed by atoms with Crippen molar-refractivity contribution >= 4 is 11.9 Å². The van der Waals surface area contributed by atoms with Gasteiger partial charge in [0.1, 0.15) is 0 Å². The van der Waals surface area contributed by atoms with Gasteiger partial charge >= 0.3 is 5.97 Å². The summed E-state index contributed by atoms with van der Waals surface area (Å²) in [5.74, 6) is -1.00. The molecule has 0 aliphatic carbocycles. The minimum absolute atomic E-state index is 0.0137. The van der Waals surface area contributed by atoms with E-state index in [0.29, 0.717) is 19.6 Å². The average molecular weight is 280 g/mol. The van der Waals surface area contributed by atoms with Crippen molar-refractivity contribution in [2.24, 2.45) is 5.41 Å². The molecule has 0 saturated carbocycles. The van der Waals surface area contributed by atoms with Gasteiger partial charge in [0.25, 0.3) is 0 Å². The Bertz CT molecular complexity index is 492. The summed E-state index contributed by atoms with van der Waals surface area (Å²) in [6.45, 7) is 4.61. The molecule has 1 fully saturated rings. The lowest BCUT2D eigenvalue weighted by molar-refractivity contribution is -0.131. The van der Waals surface area contributed by atoms with E-state index in [1.165, 1.54) is 12.5 Å². The van der Waals surface area contributed by atoms with Gasteiger partial charge in [0.05, 0.1) is 11.7 Å². The first-order chi connectivity index (χ1) is 9.51. The molecule has 1 atom stereocenters. The van der Waals surface area contributed by atoms with Crippen LogP contribution in [-0.4, -0.2) is 46.2 Å². The van der Waals surface area contributed by atoms with Crippen LogP contribution in [0.2, 0.25) is 0 Å². The topological polar surface area (TPSA) is 96.2 Å². The summed E-state index contributed by atoms with van der Waals surface area (Å²) in [7, 11) is 0.